The van der Waals surface area contributed by atoms with Gasteiger partial charge in [0.2, 0.25) is 0 Å². The lowest BCUT2D eigenvalue weighted by Gasteiger charge is -2.62. The molecule has 10 atom stereocenters. The van der Waals surface area contributed by atoms with Crippen molar-refractivity contribution >= 4 is 27.7 Å². The number of fused-ring (bicyclic) bond motifs is 5. The molecule has 6 rings (SSSR count). The second kappa shape index (κ2) is 16.8. The Hall–Kier alpha value is -3.72. The Kier molecular flexibility index (Phi) is 12.5. The number of nitrogens with zero attached hydrogens (tertiary/aromatic N) is 2. The van der Waals surface area contributed by atoms with E-state index in [0.29, 0.717) is 55.8 Å². The smallest absolute Gasteiger partial charge is 0.414 e. The molecular formula is C40H56N2O12S. The SMILES string of the molecule is C[C@H](CCC(=O)O)[C@H]1CC[C@H]2C3[C@@H](O)C[C@@H]4C[C@H](OC(=O)CCC(=O)OCCCCOc5no[n+]([O-])c5S(=O)(=O)c5ccccc5)CC[C@]4(C)[C@H]3CC[C@]12C. The number of rotatable bonds is 16. The molecule has 304 valence electrons. The van der Waals surface area contributed by atoms with E-state index < -0.39 is 44.8 Å². The summed E-state index contributed by atoms with van der Waals surface area (Å²) in [5.41, 5.74) is 0.179. The fraction of sp³-hybridized carbons (Fsp3) is 0.725. The molecule has 0 amide bonds. The number of carboxylic acids is 1. The Morgan fingerprint density at radius 3 is 2.40 bits per heavy atom. The number of unbranched alkanes of at least 4 members (excludes halogenated alkanes) is 1. The molecule has 14 nitrogen and oxygen atoms in total. The molecule has 0 aliphatic heterocycles. The van der Waals surface area contributed by atoms with Crippen molar-refractivity contribution < 1.29 is 56.8 Å². The van der Waals surface area contributed by atoms with Crippen molar-refractivity contribution in [3.63, 3.8) is 0 Å². The Balaban J connectivity index is 0.903. The number of carbonyl (C=O) groups excluding carboxylic acids is 2. The van der Waals surface area contributed by atoms with Crippen LogP contribution in [0.3, 0.4) is 0 Å². The molecule has 4 fully saturated rings. The van der Waals surface area contributed by atoms with Gasteiger partial charge in [-0.2, -0.15) is 0 Å². The molecule has 1 aromatic carbocycles. The third kappa shape index (κ3) is 8.52. The highest BCUT2D eigenvalue weighted by atomic mass is 32.2. The molecule has 1 heterocycles. The molecule has 2 aromatic rings. The predicted molar refractivity (Wildman–Crippen MR) is 195 cm³/mol. The Morgan fingerprint density at radius 2 is 1.65 bits per heavy atom. The van der Waals surface area contributed by atoms with Gasteiger partial charge in [-0.05, 0) is 134 Å². The maximum atomic E-state index is 12.9. The standard InChI is InChI=1S/C40H56N2O12S/c1-25(11-14-33(44)45)29-12-13-30-36-31(18-20-40(29,30)3)39(2)19-17-27(23-26(39)24-32(36)43)53-35(47)16-15-34(46)51-21-7-8-22-52-37-38(42(48)54-41-37)55(49,50)28-9-5-4-6-10-28/h4-6,9-10,25-27,29-32,36,43H,7-8,11-24H2,1-3H3,(H,44,45)/t25-,26+,27-,29-,30+,31+,32+,36?,39+,40-/m1/s1. The first-order chi connectivity index (χ1) is 26.1. The minimum absolute atomic E-state index is 0.0105. The van der Waals surface area contributed by atoms with E-state index in [0.717, 1.165) is 38.5 Å². The summed E-state index contributed by atoms with van der Waals surface area (Å²) in [6.07, 6.45) is 8.20. The van der Waals surface area contributed by atoms with Gasteiger partial charge in [-0.3, -0.25) is 19.0 Å². The topological polar surface area (TPSA) is 206 Å². The number of ether oxygens (including phenoxy) is 3. The molecule has 2 N–H and O–H groups in total. The quantitative estimate of drug-likeness (QED) is 0.120. The fourth-order valence-electron chi connectivity index (χ4n) is 11.1. The van der Waals surface area contributed by atoms with Crippen molar-refractivity contribution in [3.8, 4) is 5.88 Å². The van der Waals surface area contributed by atoms with Crippen LogP contribution in [0.2, 0.25) is 0 Å². The average Bonchev–Trinajstić information content (AvgIpc) is 3.71. The van der Waals surface area contributed by atoms with Gasteiger partial charge in [0.05, 0.1) is 42.2 Å². The maximum absolute atomic E-state index is 12.9. The number of hydrogen-bond acceptors (Lipinski definition) is 12. The van der Waals surface area contributed by atoms with Gasteiger partial charge in [0.25, 0.3) is 9.84 Å². The van der Waals surface area contributed by atoms with Crippen molar-refractivity contribution in [1.82, 2.24) is 5.16 Å². The van der Waals surface area contributed by atoms with Crippen LogP contribution in [0.15, 0.2) is 44.9 Å². The summed E-state index contributed by atoms with van der Waals surface area (Å²) in [5.74, 6) is -0.0261. The summed E-state index contributed by atoms with van der Waals surface area (Å²) < 4.78 is 46.8. The van der Waals surface area contributed by atoms with Gasteiger partial charge < -0.3 is 29.6 Å². The molecular weight excluding hydrogens is 733 g/mol. The molecule has 0 radical (unpaired) electrons. The summed E-state index contributed by atoms with van der Waals surface area (Å²) in [7, 11) is -4.23. The number of aliphatic hydroxyl groups is 1. The third-order valence-corrected chi connectivity index (χ3v) is 15.7. The van der Waals surface area contributed by atoms with E-state index in [-0.39, 0.29) is 71.0 Å². The van der Waals surface area contributed by atoms with Crippen LogP contribution in [0, 0.1) is 51.5 Å². The lowest BCUT2D eigenvalue weighted by Crippen LogP contribution is -2.58. The van der Waals surface area contributed by atoms with E-state index in [4.69, 9.17) is 14.2 Å². The Labute approximate surface area is 322 Å². The van der Waals surface area contributed by atoms with E-state index in [1.807, 2.05) is 0 Å². The van der Waals surface area contributed by atoms with Gasteiger partial charge in [0.1, 0.15) is 6.10 Å². The summed E-state index contributed by atoms with van der Waals surface area (Å²) in [6.45, 7) is 7.05. The van der Waals surface area contributed by atoms with E-state index in [1.165, 1.54) is 24.3 Å². The molecule has 4 saturated carbocycles. The van der Waals surface area contributed by atoms with E-state index in [2.05, 4.69) is 30.6 Å². The first-order valence-corrected chi connectivity index (χ1v) is 21.4. The normalized spacial score (nSPS) is 32.0. The predicted octanol–water partition coefficient (Wildman–Crippen LogP) is 5.67. The molecule has 0 saturated heterocycles. The minimum atomic E-state index is -4.23. The van der Waals surface area contributed by atoms with E-state index in [1.54, 1.807) is 6.07 Å². The number of esters is 2. The first-order valence-electron chi connectivity index (χ1n) is 19.9. The largest absolute Gasteiger partial charge is 0.481 e. The van der Waals surface area contributed by atoms with Gasteiger partial charge >= 0.3 is 28.8 Å². The number of aromatic nitrogens is 2. The van der Waals surface area contributed by atoms with Crippen LogP contribution in [-0.2, 0) is 33.7 Å². The maximum Gasteiger partial charge on any atom is 0.414 e. The number of hydrogen-bond donors (Lipinski definition) is 2. The van der Waals surface area contributed by atoms with Crippen LogP contribution in [0.1, 0.15) is 111 Å². The molecule has 4 aliphatic carbocycles. The lowest BCUT2D eigenvalue weighted by molar-refractivity contribution is -0.832. The van der Waals surface area contributed by atoms with Crippen molar-refractivity contribution in [2.24, 2.45) is 46.3 Å². The van der Waals surface area contributed by atoms with Crippen molar-refractivity contribution in [2.45, 2.75) is 133 Å². The van der Waals surface area contributed by atoms with E-state index in [9.17, 15) is 38.2 Å². The summed E-state index contributed by atoms with van der Waals surface area (Å²) in [5, 5.41) is 35.7. The zero-order valence-electron chi connectivity index (χ0n) is 32.1. The highest BCUT2D eigenvalue weighted by Crippen LogP contribution is 2.68. The highest BCUT2D eigenvalue weighted by Gasteiger charge is 2.63. The van der Waals surface area contributed by atoms with Gasteiger partial charge in [-0.15, -0.1) is 0 Å². The van der Waals surface area contributed by atoms with Gasteiger partial charge in [0, 0.05) is 6.42 Å². The number of carbonyl (C=O) groups is 3. The summed E-state index contributed by atoms with van der Waals surface area (Å²) in [4.78, 5) is 36.1. The number of carboxylic acid groups (broad SMARTS) is 1. The molecule has 0 bridgehead atoms. The zero-order chi connectivity index (χ0) is 39.5. The van der Waals surface area contributed by atoms with Crippen LogP contribution >= 0.6 is 0 Å². The van der Waals surface area contributed by atoms with Crippen LogP contribution < -0.4 is 9.64 Å². The Morgan fingerprint density at radius 1 is 0.964 bits per heavy atom. The van der Waals surface area contributed by atoms with Gasteiger partial charge in [0.15, 0.2) is 0 Å². The number of sulfone groups is 1. The monoisotopic (exact) mass is 788 g/mol. The van der Waals surface area contributed by atoms with Crippen molar-refractivity contribution in [2.75, 3.05) is 13.2 Å². The van der Waals surface area contributed by atoms with Crippen molar-refractivity contribution in [3.05, 3.63) is 35.5 Å². The molecule has 55 heavy (non-hydrogen) atoms. The van der Waals surface area contributed by atoms with Crippen molar-refractivity contribution in [1.29, 1.82) is 0 Å². The van der Waals surface area contributed by atoms with Crippen LogP contribution in [0.25, 0.3) is 0 Å². The molecule has 1 unspecified atom stereocenters. The lowest BCUT2D eigenvalue weighted by atomic mass is 9.43. The summed E-state index contributed by atoms with van der Waals surface area (Å²) >= 11 is 0. The van der Waals surface area contributed by atoms with Crippen LogP contribution in [0.4, 0.5) is 0 Å². The second-order valence-electron chi connectivity index (χ2n) is 17.0. The van der Waals surface area contributed by atoms with Gasteiger partial charge in [-0.25, -0.2) is 8.42 Å². The molecule has 4 aliphatic rings. The molecule has 1 aromatic heterocycles. The van der Waals surface area contributed by atoms with Gasteiger partial charge in [-0.1, -0.05) is 39.0 Å². The molecule has 0 spiro atoms. The minimum Gasteiger partial charge on any atom is -0.481 e. The zero-order valence-corrected chi connectivity index (χ0v) is 32.9. The van der Waals surface area contributed by atoms with Crippen LogP contribution in [0.5, 0.6) is 5.88 Å². The third-order valence-electron chi connectivity index (χ3n) is 13.9. The fourth-order valence-corrected chi connectivity index (χ4v) is 12.4. The van der Waals surface area contributed by atoms with E-state index >= 15 is 0 Å². The first kappa shape index (κ1) is 40.9. The average molecular weight is 789 g/mol. The summed E-state index contributed by atoms with van der Waals surface area (Å²) in [6, 6.07) is 7.37. The number of aliphatic hydroxyl groups excluding tert-OH is 1. The number of benzene rings is 1. The second-order valence-corrected chi connectivity index (χ2v) is 18.8. The highest BCUT2D eigenvalue weighted by molar-refractivity contribution is 7.91. The Bertz CT molecular complexity index is 1780. The molecule has 15 heteroatoms. The van der Waals surface area contributed by atoms with Crippen LogP contribution in [-0.4, -0.2) is 67.1 Å². The number of aliphatic carboxylic acids is 1.